The van der Waals surface area contributed by atoms with E-state index in [1.54, 1.807) is 0 Å². The van der Waals surface area contributed by atoms with Crippen LogP contribution in [0.4, 0.5) is 0 Å². The van der Waals surface area contributed by atoms with Crippen LogP contribution in [0.25, 0.3) is 111 Å². The monoisotopic (exact) mass is 815 g/mol. The van der Waals surface area contributed by atoms with Crippen molar-refractivity contribution in [1.82, 2.24) is 24.1 Å². The Bertz CT molecular complexity index is 3680. The van der Waals surface area contributed by atoms with E-state index in [1.165, 1.54) is 66.8 Å². The zero-order valence-electron chi connectivity index (χ0n) is 34.7. The molecule has 0 spiro atoms. The van der Waals surface area contributed by atoms with Gasteiger partial charge in [-0.1, -0.05) is 164 Å². The van der Waals surface area contributed by atoms with E-state index in [-0.39, 0.29) is 0 Å². The highest BCUT2D eigenvalue weighted by molar-refractivity contribution is 6.12. The highest BCUT2D eigenvalue weighted by Gasteiger charge is 2.25. The fourth-order valence-electron chi connectivity index (χ4n) is 10.8. The lowest BCUT2D eigenvalue weighted by Crippen LogP contribution is -2.10. The standard InChI is InChI=1S/C59H37N5/c1-2-14-36(15-3-1)57-60-58(63-53-26-10-8-20-47(53)51-34-39(28-30-55(51)63)43-22-12-24-45-41-18-6-4-16-37(41)32-49(43)45)62-59(61-57)64-54-27-11-9-21-48(54)52-35-40(29-31-56(52)64)44-23-13-25-46-42-19-7-5-17-38(42)33-50(44)46/h1-31,34-35H,32-33H2. The topological polar surface area (TPSA) is 48.5 Å². The van der Waals surface area contributed by atoms with E-state index in [0.29, 0.717) is 17.7 Å². The molecule has 5 nitrogen and oxygen atoms in total. The number of rotatable bonds is 5. The number of hydrogen-bond donors (Lipinski definition) is 0. The van der Waals surface area contributed by atoms with E-state index in [0.717, 1.165) is 62.0 Å². The summed E-state index contributed by atoms with van der Waals surface area (Å²) in [6, 6.07) is 72.3. The lowest BCUT2D eigenvalue weighted by molar-refractivity contribution is 0.893. The molecule has 0 aliphatic heterocycles. The molecular weight excluding hydrogens is 779 g/mol. The zero-order valence-corrected chi connectivity index (χ0v) is 34.7. The van der Waals surface area contributed by atoms with E-state index in [2.05, 4.69) is 191 Å². The van der Waals surface area contributed by atoms with Crippen molar-refractivity contribution in [1.29, 1.82) is 0 Å². The van der Waals surface area contributed by atoms with E-state index < -0.39 is 0 Å². The van der Waals surface area contributed by atoms with Crippen LogP contribution in [0.2, 0.25) is 0 Å². The minimum atomic E-state index is 0.570. The Balaban J connectivity index is 0.966. The van der Waals surface area contributed by atoms with Crippen molar-refractivity contribution >= 4 is 43.6 Å². The number of benzene rings is 9. The third-order valence-electron chi connectivity index (χ3n) is 13.7. The van der Waals surface area contributed by atoms with Crippen molar-refractivity contribution in [3.63, 3.8) is 0 Å². The van der Waals surface area contributed by atoms with Crippen molar-refractivity contribution in [2.45, 2.75) is 12.8 Å². The molecule has 2 aliphatic rings. The molecule has 0 saturated heterocycles. The molecule has 12 aromatic rings. The average Bonchev–Trinajstić information content (AvgIpc) is 4.11. The van der Waals surface area contributed by atoms with Gasteiger partial charge in [0.05, 0.1) is 22.1 Å². The molecule has 3 aromatic heterocycles. The summed E-state index contributed by atoms with van der Waals surface area (Å²) < 4.78 is 4.44. The third kappa shape index (κ3) is 5.15. The summed E-state index contributed by atoms with van der Waals surface area (Å²) in [6.45, 7) is 0. The van der Waals surface area contributed by atoms with Gasteiger partial charge in [0.25, 0.3) is 0 Å². The lowest BCUT2D eigenvalue weighted by atomic mass is 9.95. The summed E-state index contributed by atoms with van der Waals surface area (Å²) in [7, 11) is 0. The molecule has 3 heterocycles. The molecule has 14 rings (SSSR count). The largest absolute Gasteiger partial charge is 0.278 e. The van der Waals surface area contributed by atoms with Gasteiger partial charge in [0.1, 0.15) is 0 Å². The molecule has 298 valence electrons. The second-order valence-electron chi connectivity index (χ2n) is 17.1. The highest BCUT2D eigenvalue weighted by Crippen LogP contribution is 2.45. The van der Waals surface area contributed by atoms with Crippen LogP contribution in [0.3, 0.4) is 0 Å². The molecule has 0 N–H and O–H groups in total. The first-order valence-corrected chi connectivity index (χ1v) is 22.0. The molecule has 0 radical (unpaired) electrons. The second kappa shape index (κ2) is 13.5. The van der Waals surface area contributed by atoms with Crippen LogP contribution in [-0.2, 0) is 12.8 Å². The summed E-state index contributed by atoms with van der Waals surface area (Å²) in [5, 5.41) is 4.62. The van der Waals surface area contributed by atoms with Crippen LogP contribution in [0.15, 0.2) is 200 Å². The number of fused-ring (bicyclic) bond motifs is 12. The Morgan fingerprint density at radius 2 is 0.719 bits per heavy atom. The van der Waals surface area contributed by atoms with E-state index in [4.69, 9.17) is 15.0 Å². The Morgan fingerprint density at radius 1 is 0.297 bits per heavy atom. The van der Waals surface area contributed by atoms with Crippen LogP contribution in [0.5, 0.6) is 0 Å². The van der Waals surface area contributed by atoms with Gasteiger partial charge in [-0.05, 0) is 116 Å². The highest BCUT2D eigenvalue weighted by atomic mass is 15.3. The maximum absolute atomic E-state index is 5.45. The molecule has 5 heteroatoms. The molecule has 2 aliphatic carbocycles. The first-order chi connectivity index (χ1) is 31.7. The lowest BCUT2D eigenvalue weighted by Gasteiger charge is -2.13. The molecule has 0 unspecified atom stereocenters. The Morgan fingerprint density at radius 3 is 1.25 bits per heavy atom. The maximum Gasteiger partial charge on any atom is 0.240 e. The normalized spacial score (nSPS) is 12.6. The van der Waals surface area contributed by atoms with Crippen LogP contribution in [0.1, 0.15) is 22.3 Å². The average molecular weight is 816 g/mol. The van der Waals surface area contributed by atoms with Gasteiger partial charge in [0.15, 0.2) is 5.82 Å². The van der Waals surface area contributed by atoms with E-state index >= 15 is 0 Å². The summed E-state index contributed by atoms with van der Waals surface area (Å²) in [6.07, 6.45) is 1.87. The van der Waals surface area contributed by atoms with Crippen LogP contribution in [-0.4, -0.2) is 24.1 Å². The molecule has 0 fully saturated rings. The second-order valence-corrected chi connectivity index (χ2v) is 17.1. The number of para-hydroxylation sites is 2. The fraction of sp³-hybridized carbons (Fsp3) is 0.0339. The Kier molecular flexibility index (Phi) is 7.45. The fourth-order valence-corrected chi connectivity index (χ4v) is 10.8. The Hall–Kier alpha value is -8.41. The quantitative estimate of drug-likeness (QED) is 0.174. The molecular formula is C59H37N5. The predicted octanol–water partition coefficient (Wildman–Crippen LogP) is 14.2. The van der Waals surface area contributed by atoms with Crippen molar-refractivity contribution in [2.24, 2.45) is 0 Å². The molecule has 0 amide bonds. The summed E-state index contributed by atoms with van der Waals surface area (Å²) >= 11 is 0. The number of aromatic nitrogens is 5. The Labute approximate surface area is 369 Å². The summed E-state index contributed by atoms with van der Waals surface area (Å²) in [5.41, 5.74) is 20.9. The van der Waals surface area contributed by atoms with E-state index in [9.17, 15) is 0 Å². The zero-order chi connectivity index (χ0) is 41.9. The van der Waals surface area contributed by atoms with Gasteiger partial charge in [0.2, 0.25) is 11.9 Å². The van der Waals surface area contributed by atoms with Crippen LogP contribution in [0, 0.1) is 0 Å². The summed E-state index contributed by atoms with van der Waals surface area (Å²) in [4.78, 5) is 16.0. The van der Waals surface area contributed by atoms with Gasteiger partial charge in [-0.25, -0.2) is 0 Å². The van der Waals surface area contributed by atoms with E-state index in [1.807, 2.05) is 18.2 Å². The molecule has 0 atom stereocenters. The molecule has 9 aromatic carbocycles. The third-order valence-corrected chi connectivity index (χ3v) is 13.7. The van der Waals surface area contributed by atoms with Gasteiger partial charge in [-0.3, -0.25) is 9.13 Å². The first kappa shape index (κ1) is 35.2. The van der Waals surface area contributed by atoms with Gasteiger partial charge in [0, 0.05) is 27.1 Å². The van der Waals surface area contributed by atoms with Crippen molar-refractivity contribution < 1.29 is 0 Å². The van der Waals surface area contributed by atoms with Crippen LogP contribution < -0.4 is 0 Å². The molecule has 0 bridgehead atoms. The van der Waals surface area contributed by atoms with Gasteiger partial charge in [-0.15, -0.1) is 0 Å². The number of hydrogen-bond acceptors (Lipinski definition) is 3. The smallest absolute Gasteiger partial charge is 0.240 e. The molecule has 64 heavy (non-hydrogen) atoms. The minimum absolute atomic E-state index is 0.570. The van der Waals surface area contributed by atoms with Gasteiger partial charge in [-0.2, -0.15) is 15.0 Å². The predicted molar refractivity (Wildman–Crippen MR) is 261 cm³/mol. The number of nitrogens with zero attached hydrogens (tertiary/aromatic N) is 5. The van der Waals surface area contributed by atoms with Crippen molar-refractivity contribution in [3.8, 4) is 67.8 Å². The van der Waals surface area contributed by atoms with Gasteiger partial charge >= 0.3 is 0 Å². The first-order valence-electron chi connectivity index (χ1n) is 22.0. The summed E-state index contributed by atoms with van der Waals surface area (Å²) in [5.74, 6) is 1.76. The maximum atomic E-state index is 5.45. The SMILES string of the molecule is c1ccc(-c2nc(-n3c4ccccc4c4cc(-c5cccc6c5Cc5ccccc5-6)ccc43)nc(-n3c4ccccc4c4cc(-c5cccc6c5Cc5ccccc5-6)ccc43)n2)cc1. The minimum Gasteiger partial charge on any atom is -0.278 e. The van der Waals surface area contributed by atoms with Crippen LogP contribution >= 0.6 is 0 Å². The van der Waals surface area contributed by atoms with Crippen molar-refractivity contribution in [3.05, 3.63) is 222 Å². The molecule has 0 saturated carbocycles. The van der Waals surface area contributed by atoms with Crippen molar-refractivity contribution in [2.75, 3.05) is 0 Å². The van der Waals surface area contributed by atoms with Gasteiger partial charge < -0.3 is 0 Å².